The highest BCUT2D eigenvalue weighted by atomic mass is 79.9. The van der Waals surface area contributed by atoms with Gasteiger partial charge in [0.25, 0.3) is 5.91 Å². The van der Waals surface area contributed by atoms with E-state index < -0.39 is 0 Å². The number of halogens is 2. The summed E-state index contributed by atoms with van der Waals surface area (Å²) in [4.78, 5) is 13.8. The number of amides is 1. The van der Waals surface area contributed by atoms with Crippen molar-refractivity contribution in [3.8, 4) is 5.75 Å². The third-order valence-electron chi connectivity index (χ3n) is 3.64. The number of likely N-dealkylation sites (tertiary alicyclic amines) is 1. The molecule has 0 aromatic heterocycles. The van der Waals surface area contributed by atoms with Gasteiger partial charge in [0, 0.05) is 6.54 Å². The summed E-state index contributed by atoms with van der Waals surface area (Å²) < 4.78 is 18.8. The lowest BCUT2D eigenvalue weighted by Crippen LogP contribution is -2.42. The Morgan fingerprint density at radius 1 is 1.60 bits per heavy atom. The molecule has 4 nitrogen and oxygen atoms in total. The molecule has 2 rings (SSSR count). The minimum absolute atomic E-state index is 0.0346. The van der Waals surface area contributed by atoms with E-state index in [2.05, 4.69) is 15.9 Å². The zero-order valence-electron chi connectivity index (χ0n) is 11.2. The summed E-state index contributed by atoms with van der Waals surface area (Å²) in [7, 11) is 0. The Labute approximate surface area is 125 Å². The molecule has 2 unspecified atom stereocenters. The van der Waals surface area contributed by atoms with Crippen LogP contribution in [0.25, 0.3) is 0 Å². The van der Waals surface area contributed by atoms with E-state index in [4.69, 9.17) is 4.74 Å². The first-order chi connectivity index (χ1) is 9.52. The van der Waals surface area contributed by atoms with Gasteiger partial charge in [-0.2, -0.15) is 0 Å². The Hall–Kier alpha value is -1.14. The van der Waals surface area contributed by atoms with Gasteiger partial charge >= 0.3 is 0 Å². The van der Waals surface area contributed by atoms with E-state index in [1.807, 2.05) is 6.92 Å². The lowest BCUT2D eigenvalue weighted by atomic mass is 10.0. The van der Waals surface area contributed by atoms with Crippen molar-refractivity contribution >= 4 is 21.8 Å². The predicted octanol–water partition coefficient (Wildman–Crippen LogP) is 2.20. The molecule has 1 saturated heterocycles. The van der Waals surface area contributed by atoms with E-state index >= 15 is 0 Å². The fourth-order valence-corrected chi connectivity index (χ4v) is 2.88. The fraction of sp³-hybridized carbons (Fsp3) is 0.500. The van der Waals surface area contributed by atoms with Gasteiger partial charge in [0.05, 0.1) is 17.1 Å². The van der Waals surface area contributed by atoms with E-state index in [-0.39, 0.29) is 31.0 Å². The van der Waals surface area contributed by atoms with Crippen LogP contribution in [0, 0.1) is 11.7 Å². The second kappa shape index (κ2) is 6.54. The van der Waals surface area contributed by atoms with E-state index in [1.54, 1.807) is 4.90 Å². The molecule has 1 heterocycles. The molecule has 1 aromatic carbocycles. The molecule has 0 saturated carbocycles. The number of ether oxygens (including phenoxy) is 1. The third-order valence-corrected chi connectivity index (χ3v) is 4.25. The van der Waals surface area contributed by atoms with Crippen molar-refractivity contribution in [2.24, 2.45) is 5.92 Å². The first-order valence-corrected chi connectivity index (χ1v) is 7.30. The molecular weight excluding hydrogens is 329 g/mol. The maximum atomic E-state index is 12.9. The lowest BCUT2D eigenvalue weighted by Gasteiger charge is -2.25. The number of aliphatic hydroxyl groups excluding tert-OH is 1. The van der Waals surface area contributed by atoms with Crippen LogP contribution in [0.15, 0.2) is 22.7 Å². The first kappa shape index (κ1) is 15.3. The van der Waals surface area contributed by atoms with Crippen LogP contribution < -0.4 is 4.74 Å². The van der Waals surface area contributed by atoms with Crippen LogP contribution >= 0.6 is 15.9 Å². The van der Waals surface area contributed by atoms with Crippen molar-refractivity contribution in [2.75, 3.05) is 19.8 Å². The standard InChI is InChI=1S/C14H17BrFNO3/c1-9-4-5-17(12(9)7-18)14(19)8-20-13-3-2-10(16)6-11(13)15/h2-3,6,9,12,18H,4-5,7-8H2,1H3. The monoisotopic (exact) mass is 345 g/mol. The molecule has 6 heteroatoms. The van der Waals surface area contributed by atoms with Crippen molar-refractivity contribution in [3.63, 3.8) is 0 Å². The quantitative estimate of drug-likeness (QED) is 0.909. The highest BCUT2D eigenvalue weighted by Gasteiger charge is 2.33. The van der Waals surface area contributed by atoms with Gasteiger partial charge in [-0.3, -0.25) is 4.79 Å². The molecule has 1 aromatic rings. The summed E-state index contributed by atoms with van der Waals surface area (Å²) in [5.41, 5.74) is 0. The summed E-state index contributed by atoms with van der Waals surface area (Å²) in [5, 5.41) is 9.33. The number of hydrogen-bond donors (Lipinski definition) is 1. The summed E-state index contributed by atoms with van der Waals surface area (Å²) in [5.74, 6) is 0.183. The summed E-state index contributed by atoms with van der Waals surface area (Å²) in [6.07, 6.45) is 0.886. The van der Waals surface area contributed by atoms with Gasteiger partial charge in [0.2, 0.25) is 0 Å². The Kier molecular flexibility index (Phi) is 4.99. The van der Waals surface area contributed by atoms with Crippen molar-refractivity contribution in [1.82, 2.24) is 4.90 Å². The average molecular weight is 346 g/mol. The third kappa shape index (κ3) is 3.30. The molecule has 0 bridgehead atoms. The number of carbonyl (C=O) groups excluding carboxylic acids is 1. The van der Waals surface area contributed by atoms with Gasteiger partial charge in [-0.1, -0.05) is 6.92 Å². The molecule has 20 heavy (non-hydrogen) atoms. The van der Waals surface area contributed by atoms with Crippen LogP contribution in [-0.2, 0) is 4.79 Å². The molecule has 110 valence electrons. The van der Waals surface area contributed by atoms with Crippen LogP contribution in [0.4, 0.5) is 4.39 Å². The second-order valence-electron chi connectivity index (χ2n) is 4.97. The molecule has 0 radical (unpaired) electrons. The largest absolute Gasteiger partial charge is 0.483 e. The summed E-state index contributed by atoms with van der Waals surface area (Å²) in [6.45, 7) is 2.51. The van der Waals surface area contributed by atoms with E-state index in [9.17, 15) is 14.3 Å². The van der Waals surface area contributed by atoms with Gasteiger partial charge < -0.3 is 14.7 Å². The van der Waals surface area contributed by atoms with Gasteiger partial charge in [-0.05, 0) is 46.5 Å². The van der Waals surface area contributed by atoms with Gasteiger partial charge in [0.1, 0.15) is 11.6 Å². The first-order valence-electron chi connectivity index (χ1n) is 6.51. The Bertz CT molecular complexity index is 497. The van der Waals surface area contributed by atoms with Gasteiger partial charge in [-0.15, -0.1) is 0 Å². The van der Waals surface area contributed by atoms with Crippen molar-refractivity contribution in [2.45, 2.75) is 19.4 Å². The molecule has 1 N–H and O–H groups in total. The number of nitrogens with zero attached hydrogens (tertiary/aromatic N) is 1. The predicted molar refractivity (Wildman–Crippen MR) is 76.0 cm³/mol. The molecule has 0 aliphatic carbocycles. The van der Waals surface area contributed by atoms with Crippen LogP contribution in [0.2, 0.25) is 0 Å². The van der Waals surface area contributed by atoms with Crippen molar-refractivity contribution in [3.05, 3.63) is 28.5 Å². The minimum atomic E-state index is -0.371. The SMILES string of the molecule is CC1CCN(C(=O)COc2ccc(F)cc2Br)C1CO. The molecule has 1 aliphatic rings. The second-order valence-corrected chi connectivity index (χ2v) is 5.82. The highest BCUT2D eigenvalue weighted by molar-refractivity contribution is 9.10. The van der Waals surface area contributed by atoms with Crippen molar-refractivity contribution in [1.29, 1.82) is 0 Å². The Morgan fingerprint density at radius 2 is 2.35 bits per heavy atom. The zero-order valence-corrected chi connectivity index (χ0v) is 12.8. The Balaban J connectivity index is 1.95. The summed E-state index contributed by atoms with van der Waals surface area (Å²) >= 11 is 3.19. The lowest BCUT2D eigenvalue weighted by molar-refractivity contribution is -0.135. The molecule has 1 fully saturated rings. The maximum absolute atomic E-state index is 12.9. The van der Waals surface area contributed by atoms with Gasteiger partial charge in [0.15, 0.2) is 6.61 Å². The maximum Gasteiger partial charge on any atom is 0.260 e. The normalized spacial score (nSPS) is 22.1. The molecular formula is C14H17BrFNO3. The topological polar surface area (TPSA) is 49.8 Å². The van der Waals surface area contributed by atoms with Gasteiger partial charge in [-0.25, -0.2) is 4.39 Å². The van der Waals surface area contributed by atoms with E-state index in [0.29, 0.717) is 22.7 Å². The smallest absolute Gasteiger partial charge is 0.260 e. The summed E-state index contributed by atoms with van der Waals surface area (Å²) in [6, 6.07) is 3.90. The molecule has 0 spiro atoms. The van der Waals surface area contributed by atoms with Crippen LogP contribution in [0.3, 0.4) is 0 Å². The van der Waals surface area contributed by atoms with Crippen molar-refractivity contribution < 1.29 is 19.0 Å². The number of rotatable bonds is 4. The average Bonchev–Trinajstić information content (AvgIpc) is 2.78. The minimum Gasteiger partial charge on any atom is -0.483 e. The molecule has 1 amide bonds. The number of hydrogen-bond acceptors (Lipinski definition) is 3. The van der Waals surface area contributed by atoms with Crippen LogP contribution in [-0.4, -0.2) is 41.7 Å². The highest BCUT2D eigenvalue weighted by Crippen LogP contribution is 2.27. The number of carbonyl (C=O) groups is 1. The molecule has 1 aliphatic heterocycles. The van der Waals surface area contributed by atoms with E-state index in [1.165, 1.54) is 18.2 Å². The molecule has 2 atom stereocenters. The van der Waals surface area contributed by atoms with Crippen LogP contribution in [0.1, 0.15) is 13.3 Å². The fourth-order valence-electron chi connectivity index (χ4n) is 2.41. The zero-order chi connectivity index (χ0) is 14.7. The Morgan fingerprint density at radius 3 is 3.00 bits per heavy atom. The van der Waals surface area contributed by atoms with Crippen LogP contribution in [0.5, 0.6) is 5.75 Å². The number of aliphatic hydroxyl groups is 1. The van der Waals surface area contributed by atoms with E-state index in [0.717, 1.165) is 6.42 Å². The number of benzene rings is 1.